The molecule has 166 valence electrons. The summed E-state index contributed by atoms with van der Waals surface area (Å²) in [7, 11) is 0. The highest BCUT2D eigenvalue weighted by Crippen LogP contribution is 2.18. The Morgan fingerprint density at radius 2 is 1.55 bits per heavy atom. The minimum Gasteiger partial charge on any atom is -0.288 e. The number of amides is 2. The van der Waals surface area contributed by atoms with E-state index in [1.165, 1.54) is 22.1 Å². The summed E-state index contributed by atoms with van der Waals surface area (Å²) in [6.45, 7) is 2.26. The standard InChI is InChI=1S/C24H20N4O4S/c1-2-13-28-24(32)18-11-6-3-8-15(18)20(27-28)23(31)26-25-22(30)17-10-5-4-9-16(17)21(29)19-12-7-14-33-19/h3-12,14H,2,13H2,1H3,(H,25,30)(H,26,31). The number of aryl methyl sites for hydroxylation is 1. The van der Waals surface area contributed by atoms with Crippen molar-refractivity contribution in [3.63, 3.8) is 0 Å². The van der Waals surface area contributed by atoms with Crippen LogP contribution in [0.2, 0.25) is 0 Å². The first-order valence-electron chi connectivity index (χ1n) is 10.3. The van der Waals surface area contributed by atoms with E-state index in [0.717, 1.165) is 0 Å². The molecule has 9 heteroatoms. The Labute approximate surface area is 192 Å². The molecule has 0 atom stereocenters. The summed E-state index contributed by atoms with van der Waals surface area (Å²) in [6.07, 6.45) is 0.665. The quantitative estimate of drug-likeness (QED) is 0.339. The Kier molecular flexibility index (Phi) is 6.41. The van der Waals surface area contributed by atoms with Gasteiger partial charge in [-0.2, -0.15) is 5.10 Å². The van der Waals surface area contributed by atoms with Crippen LogP contribution in [-0.4, -0.2) is 27.4 Å². The first-order chi connectivity index (χ1) is 16.0. The fourth-order valence-electron chi connectivity index (χ4n) is 3.43. The zero-order valence-electron chi connectivity index (χ0n) is 17.7. The summed E-state index contributed by atoms with van der Waals surface area (Å²) < 4.78 is 1.24. The highest BCUT2D eigenvalue weighted by molar-refractivity contribution is 7.12. The molecule has 33 heavy (non-hydrogen) atoms. The van der Waals surface area contributed by atoms with Crippen LogP contribution in [0.3, 0.4) is 0 Å². The highest BCUT2D eigenvalue weighted by atomic mass is 32.1. The van der Waals surface area contributed by atoms with E-state index in [9.17, 15) is 19.2 Å². The third-order valence-corrected chi connectivity index (χ3v) is 5.84. The van der Waals surface area contributed by atoms with Gasteiger partial charge in [0.15, 0.2) is 5.69 Å². The molecular formula is C24H20N4O4S. The van der Waals surface area contributed by atoms with Crippen molar-refractivity contribution in [1.82, 2.24) is 20.6 Å². The number of aromatic nitrogens is 2. The summed E-state index contributed by atoms with van der Waals surface area (Å²) in [6, 6.07) is 16.5. The molecule has 2 aromatic carbocycles. The van der Waals surface area contributed by atoms with E-state index >= 15 is 0 Å². The highest BCUT2D eigenvalue weighted by Gasteiger charge is 2.21. The van der Waals surface area contributed by atoms with Crippen molar-refractivity contribution in [3.05, 3.63) is 98.1 Å². The number of nitrogens with zero attached hydrogens (tertiary/aromatic N) is 2. The summed E-state index contributed by atoms with van der Waals surface area (Å²) >= 11 is 1.28. The second-order valence-corrected chi connectivity index (χ2v) is 8.13. The lowest BCUT2D eigenvalue weighted by molar-refractivity contribution is 0.0842. The SMILES string of the molecule is CCCn1nc(C(=O)NNC(=O)c2ccccc2C(=O)c2cccs2)c2ccccc2c1=O. The Bertz CT molecular complexity index is 1410. The van der Waals surface area contributed by atoms with Gasteiger partial charge in [-0.25, -0.2) is 4.68 Å². The van der Waals surface area contributed by atoms with Crippen LogP contribution in [-0.2, 0) is 6.54 Å². The van der Waals surface area contributed by atoms with Gasteiger partial charge in [0.2, 0.25) is 5.78 Å². The lowest BCUT2D eigenvalue weighted by Crippen LogP contribution is -2.43. The van der Waals surface area contributed by atoms with Crippen molar-refractivity contribution in [2.75, 3.05) is 0 Å². The normalized spacial score (nSPS) is 10.7. The van der Waals surface area contributed by atoms with Gasteiger partial charge in [0.05, 0.1) is 15.8 Å². The van der Waals surface area contributed by atoms with Gasteiger partial charge in [-0.05, 0) is 30.0 Å². The molecule has 2 amide bonds. The maximum atomic E-state index is 12.9. The Hall–Kier alpha value is -4.11. The molecule has 2 N–H and O–H groups in total. The molecule has 0 radical (unpaired) electrons. The van der Waals surface area contributed by atoms with Crippen molar-refractivity contribution in [2.45, 2.75) is 19.9 Å². The Morgan fingerprint density at radius 1 is 0.879 bits per heavy atom. The predicted molar refractivity (Wildman–Crippen MR) is 125 cm³/mol. The smallest absolute Gasteiger partial charge is 0.288 e. The first kappa shape index (κ1) is 22.1. The van der Waals surface area contributed by atoms with Crippen molar-refractivity contribution < 1.29 is 14.4 Å². The van der Waals surface area contributed by atoms with Crippen LogP contribution in [0.25, 0.3) is 10.8 Å². The van der Waals surface area contributed by atoms with Gasteiger partial charge in [-0.1, -0.05) is 49.4 Å². The van der Waals surface area contributed by atoms with Gasteiger partial charge in [-0.3, -0.25) is 30.0 Å². The molecular weight excluding hydrogens is 440 g/mol. The van der Waals surface area contributed by atoms with E-state index in [0.29, 0.717) is 28.6 Å². The summed E-state index contributed by atoms with van der Waals surface area (Å²) in [5, 5.41) is 6.74. The van der Waals surface area contributed by atoms with Crippen molar-refractivity contribution in [2.24, 2.45) is 0 Å². The zero-order chi connectivity index (χ0) is 23.4. The molecule has 0 aliphatic carbocycles. The molecule has 0 aliphatic rings. The number of fused-ring (bicyclic) bond motifs is 1. The fourth-order valence-corrected chi connectivity index (χ4v) is 4.10. The maximum absolute atomic E-state index is 12.9. The van der Waals surface area contributed by atoms with E-state index < -0.39 is 11.8 Å². The van der Waals surface area contributed by atoms with E-state index in [4.69, 9.17) is 0 Å². The first-order valence-corrected chi connectivity index (χ1v) is 11.2. The molecule has 0 saturated heterocycles. The lowest BCUT2D eigenvalue weighted by Gasteiger charge is -2.12. The third-order valence-electron chi connectivity index (χ3n) is 4.97. The van der Waals surface area contributed by atoms with Crippen LogP contribution in [0.5, 0.6) is 0 Å². The molecule has 2 heterocycles. The van der Waals surface area contributed by atoms with Gasteiger partial charge >= 0.3 is 0 Å². The number of carbonyl (C=O) groups excluding carboxylic acids is 3. The summed E-state index contributed by atoms with van der Waals surface area (Å²) in [4.78, 5) is 51.6. The number of carbonyl (C=O) groups is 3. The molecule has 0 aliphatic heterocycles. The van der Waals surface area contributed by atoms with Gasteiger partial charge in [0, 0.05) is 17.5 Å². The minimum atomic E-state index is -0.675. The van der Waals surface area contributed by atoms with Gasteiger partial charge < -0.3 is 0 Å². The summed E-state index contributed by atoms with van der Waals surface area (Å²) in [5.74, 6) is -1.59. The minimum absolute atomic E-state index is 0.0156. The Balaban J connectivity index is 1.59. The van der Waals surface area contributed by atoms with Crippen molar-refractivity contribution in [1.29, 1.82) is 0 Å². The lowest BCUT2D eigenvalue weighted by atomic mass is 10.0. The van der Waals surface area contributed by atoms with Gasteiger partial charge in [0.1, 0.15) is 0 Å². The number of rotatable bonds is 6. The third kappa shape index (κ3) is 4.44. The average molecular weight is 461 g/mol. The molecule has 4 aromatic rings. The van der Waals surface area contributed by atoms with Gasteiger partial charge in [0.25, 0.3) is 17.4 Å². The van der Waals surface area contributed by atoms with Crippen LogP contribution in [0.1, 0.15) is 49.4 Å². The number of benzene rings is 2. The van der Waals surface area contributed by atoms with E-state index in [-0.39, 0.29) is 28.2 Å². The fraction of sp³-hybridized carbons (Fsp3) is 0.125. The number of hydrogen-bond donors (Lipinski definition) is 2. The van der Waals surface area contributed by atoms with Crippen LogP contribution >= 0.6 is 11.3 Å². The molecule has 0 saturated carbocycles. The van der Waals surface area contributed by atoms with Crippen molar-refractivity contribution in [3.8, 4) is 0 Å². The van der Waals surface area contributed by atoms with Crippen LogP contribution < -0.4 is 16.4 Å². The molecule has 8 nitrogen and oxygen atoms in total. The molecule has 0 bridgehead atoms. The molecule has 0 unspecified atom stereocenters. The largest absolute Gasteiger partial charge is 0.290 e. The summed E-state index contributed by atoms with van der Waals surface area (Å²) in [5.41, 5.74) is 4.80. The van der Waals surface area contributed by atoms with E-state index in [1.54, 1.807) is 60.0 Å². The number of ketones is 1. The second kappa shape index (κ2) is 9.58. The molecule has 4 rings (SSSR count). The molecule has 0 spiro atoms. The van der Waals surface area contributed by atoms with E-state index in [1.807, 2.05) is 6.92 Å². The number of hydrogen-bond acceptors (Lipinski definition) is 6. The van der Waals surface area contributed by atoms with Crippen LogP contribution in [0.4, 0.5) is 0 Å². The van der Waals surface area contributed by atoms with Crippen LogP contribution in [0, 0.1) is 0 Å². The molecule has 0 fully saturated rings. The maximum Gasteiger partial charge on any atom is 0.290 e. The number of thiophene rings is 1. The van der Waals surface area contributed by atoms with Gasteiger partial charge in [-0.15, -0.1) is 11.3 Å². The number of nitrogens with one attached hydrogen (secondary N) is 2. The number of hydrazine groups is 1. The topological polar surface area (TPSA) is 110 Å². The predicted octanol–water partition coefficient (Wildman–Crippen LogP) is 3.17. The second-order valence-electron chi connectivity index (χ2n) is 7.18. The van der Waals surface area contributed by atoms with Crippen LogP contribution in [0.15, 0.2) is 70.8 Å². The van der Waals surface area contributed by atoms with Crippen molar-refractivity contribution >= 4 is 39.7 Å². The monoisotopic (exact) mass is 460 g/mol. The average Bonchev–Trinajstić information content (AvgIpc) is 3.39. The van der Waals surface area contributed by atoms with E-state index in [2.05, 4.69) is 16.0 Å². The zero-order valence-corrected chi connectivity index (χ0v) is 18.5. The Morgan fingerprint density at radius 3 is 2.24 bits per heavy atom. The molecule has 2 aromatic heterocycles.